The van der Waals surface area contributed by atoms with Gasteiger partial charge in [-0.1, -0.05) is 11.6 Å². The van der Waals surface area contributed by atoms with Crippen LogP contribution in [0.5, 0.6) is 0 Å². The Labute approximate surface area is 135 Å². The molecular weight excluding hydrogens is 322 g/mol. The highest BCUT2D eigenvalue weighted by molar-refractivity contribution is 6.34. The summed E-state index contributed by atoms with van der Waals surface area (Å²) in [6.07, 6.45) is 5.11. The van der Waals surface area contributed by atoms with Crippen LogP contribution in [0.15, 0.2) is 23.5 Å². The number of aliphatic carboxylic acids is 1. The van der Waals surface area contributed by atoms with Crippen LogP contribution in [0.4, 0.5) is 0 Å². The summed E-state index contributed by atoms with van der Waals surface area (Å²) in [7, 11) is 1.78. The van der Waals surface area contributed by atoms with Crippen LogP contribution in [0.3, 0.4) is 0 Å². The predicted molar refractivity (Wildman–Crippen MR) is 84.4 cm³/mol. The molecule has 3 aromatic rings. The van der Waals surface area contributed by atoms with E-state index in [4.69, 9.17) is 16.7 Å². The highest BCUT2D eigenvalue weighted by Crippen LogP contribution is 2.35. The molecule has 0 radical (unpaired) electrons. The van der Waals surface area contributed by atoms with Gasteiger partial charge in [-0.25, -0.2) is 4.98 Å². The van der Waals surface area contributed by atoms with Gasteiger partial charge in [-0.2, -0.15) is 5.10 Å². The molecule has 0 aliphatic heterocycles. The normalized spacial score (nSPS) is 11.2. The third kappa shape index (κ3) is 2.72. The maximum absolute atomic E-state index is 12.2. The van der Waals surface area contributed by atoms with Gasteiger partial charge in [-0.3, -0.25) is 14.3 Å². The average Bonchev–Trinajstić information content (AvgIpc) is 3.02. The molecule has 0 aliphatic rings. The van der Waals surface area contributed by atoms with E-state index in [9.17, 15) is 9.59 Å². The van der Waals surface area contributed by atoms with E-state index < -0.39 is 5.97 Å². The second-order valence-corrected chi connectivity index (χ2v) is 5.50. The van der Waals surface area contributed by atoms with E-state index in [1.807, 2.05) is 0 Å². The van der Waals surface area contributed by atoms with Crippen molar-refractivity contribution in [1.29, 1.82) is 0 Å². The molecule has 3 rings (SSSR count). The zero-order chi connectivity index (χ0) is 16.6. The number of rotatable bonds is 5. The summed E-state index contributed by atoms with van der Waals surface area (Å²) in [4.78, 5) is 29.7. The van der Waals surface area contributed by atoms with E-state index in [-0.39, 0.29) is 12.0 Å². The van der Waals surface area contributed by atoms with Gasteiger partial charge in [0.25, 0.3) is 5.56 Å². The molecule has 0 fully saturated rings. The van der Waals surface area contributed by atoms with Crippen molar-refractivity contribution in [3.05, 3.63) is 34.2 Å². The van der Waals surface area contributed by atoms with Gasteiger partial charge in [0.15, 0.2) is 0 Å². The van der Waals surface area contributed by atoms with Crippen LogP contribution in [0.25, 0.3) is 22.2 Å². The molecule has 8 nitrogen and oxygen atoms in total. The number of nitrogens with zero attached hydrogens (tertiary/aromatic N) is 4. The van der Waals surface area contributed by atoms with Crippen LogP contribution in [0.1, 0.15) is 12.8 Å². The fourth-order valence-corrected chi connectivity index (χ4v) is 2.93. The fraction of sp³-hybridized carbons (Fsp3) is 0.286. The topological polar surface area (TPSA) is 106 Å². The number of carboxylic acids is 1. The zero-order valence-electron chi connectivity index (χ0n) is 12.3. The van der Waals surface area contributed by atoms with Crippen LogP contribution in [0, 0.1) is 0 Å². The second-order valence-electron chi connectivity index (χ2n) is 5.15. The summed E-state index contributed by atoms with van der Waals surface area (Å²) in [5, 5.41) is 13.2. The molecular formula is C14H14ClN5O3. The molecule has 9 heteroatoms. The van der Waals surface area contributed by atoms with Gasteiger partial charge in [0, 0.05) is 37.3 Å². The number of aromatic amines is 1. The largest absolute Gasteiger partial charge is 0.481 e. The number of nitrogens with one attached hydrogen (secondary N) is 1. The number of fused-ring (bicyclic) bond motifs is 1. The summed E-state index contributed by atoms with van der Waals surface area (Å²) in [6.45, 7) is 0.316. The zero-order valence-corrected chi connectivity index (χ0v) is 13.0. The van der Waals surface area contributed by atoms with Crippen molar-refractivity contribution in [2.24, 2.45) is 7.05 Å². The highest BCUT2D eigenvalue weighted by atomic mass is 35.5. The van der Waals surface area contributed by atoms with Gasteiger partial charge in [0.2, 0.25) is 0 Å². The molecule has 0 spiro atoms. The molecule has 0 bridgehead atoms. The minimum absolute atomic E-state index is 0.00358. The summed E-state index contributed by atoms with van der Waals surface area (Å²) in [5.74, 6) is -0.892. The molecule has 120 valence electrons. The first kappa shape index (κ1) is 15.3. The highest BCUT2D eigenvalue weighted by Gasteiger charge is 2.21. The van der Waals surface area contributed by atoms with E-state index in [1.54, 1.807) is 28.7 Å². The molecule has 23 heavy (non-hydrogen) atoms. The number of carbonyl (C=O) groups is 1. The van der Waals surface area contributed by atoms with E-state index in [1.165, 1.54) is 6.33 Å². The lowest BCUT2D eigenvalue weighted by Gasteiger charge is -2.05. The van der Waals surface area contributed by atoms with Gasteiger partial charge in [-0.15, -0.1) is 0 Å². The molecule has 0 amide bonds. The Morgan fingerprint density at radius 3 is 2.91 bits per heavy atom. The quantitative estimate of drug-likeness (QED) is 0.737. The van der Waals surface area contributed by atoms with Crippen molar-refractivity contribution in [3.8, 4) is 11.1 Å². The Morgan fingerprint density at radius 1 is 1.48 bits per heavy atom. The summed E-state index contributed by atoms with van der Waals surface area (Å²) >= 11 is 6.47. The first-order valence-corrected chi connectivity index (χ1v) is 7.33. The summed E-state index contributed by atoms with van der Waals surface area (Å²) in [5.41, 5.74) is 1.86. The molecule has 0 atom stereocenters. The van der Waals surface area contributed by atoms with E-state index >= 15 is 0 Å². The van der Waals surface area contributed by atoms with E-state index in [0.717, 1.165) is 5.56 Å². The van der Waals surface area contributed by atoms with Gasteiger partial charge < -0.3 is 14.7 Å². The van der Waals surface area contributed by atoms with Gasteiger partial charge in [-0.05, 0) is 6.42 Å². The Bertz CT molecular complexity index is 940. The van der Waals surface area contributed by atoms with Gasteiger partial charge >= 0.3 is 5.97 Å². The van der Waals surface area contributed by atoms with E-state index in [2.05, 4.69) is 15.1 Å². The molecule has 0 saturated heterocycles. The standard InChI is InChI=1S/C14H14ClN5O3/c1-19-6-8(5-18-19)10-11-12(14(23)17-7-16-11)20(13(10)15)4-2-3-9(21)22/h5-7H,2-4H2,1H3,(H,21,22)(H,16,17,23). The number of aromatic nitrogens is 5. The fourth-order valence-electron chi connectivity index (χ4n) is 2.56. The Hall–Kier alpha value is -2.61. The van der Waals surface area contributed by atoms with Crippen molar-refractivity contribution < 1.29 is 9.90 Å². The first-order valence-electron chi connectivity index (χ1n) is 6.95. The predicted octanol–water partition coefficient (Wildman–Crippen LogP) is 1.64. The van der Waals surface area contributed by atoms with Gasteiger partial charge in [0.05, 0.1) is 12.5 Å². The van der Waals surface area contributed by atoms with Crippen molar-refractivity contribution >= 4 is 28.6 Å². The molecule has 0 saturated carbocycles. The van der Waals surface area contributed by atoms with E-state index in [0.29, 0.717) is 34.7 Å². The maximum atomic E-state index is 12.2. The third-order valence-corrected chi connectivity index (χ3v) is 3.94. The molecule has 2 N–H and O–H groups in total. The van der Waals surface area contributed by atoms with Crippen LogP contribution in [-0.4, -0.2) is 35.4 Å². The molecule has 0 aliphatic carbocycles. The summed E-state index contributed by atoms with van der Waals surface area (Å²) in [6, 6.07) is 0. The second kappa shape index (κ2) is 5.88. The minimum atomic E-state index is -0.892. The van der Waals surface area contributed by atoms with Crippen molar-refractivity contribution in [2.75, 3.05) is 0 Å². The first-order chi connectivity index (χ1) is 11.0. The molecule has 3 heterocycles. The van der Waals surface area contributed by atoms with Gasteiger partial charge in [0.1, 0.15) is 16.2 Å². The minimum Gasteiger partial charge on any atom is -0.481 e. The Kier molecular flexibility index (Phi) is 3.91. The SMILES string of the molecule is Cn1cc(-c2c(Cl)n(CCCC(=O)O)c3c(=O)[nH]cnc23)cn1. The lowest BCUT2D eigenvalue weighted by atomic mass is 10.2. The van der Waals surface area contributed by atoms with Crippen LogP contribution >= 0.6 is 11.6 Å². The lowest BCUT2D eigenvalue weighted by molar-refractivity contribution is -0.137. The molecule has 0 aromatic carbocycles. The van der Waals surface area contributed by atoms with Crippen molar-refractivity contribution in [2.45, 2.75) is 19.4 Å². The van der Waals surface area contributed by atoms with Crippen molar-refractivity contribution in [3.63, 3.8) is 0 Å². The lowest BCUT2D eigenvalue weighted by Crippen LogP contribution is -2.12. The van der Waals surface area contributed by atoms with Crippen LogP contribution in [-0.2, 0) is 18.4 Å². The Balaban J connectivity index is 2.18. The molecule has 3 aromatic heterocycles. The number of carboxylic acid groups (broad SMARTS) is 1. The number of hydrogen-bond donors (Lipinski definition) is 2. The Morgan fingerprint density at radius 2 is 2.26 bits per heavy atom. The van der Waals surface area contributed by atoms with Crippen LogP contribution < -0.4 is 5.56 Å². The average molecular weight is 336 g/mol. The monoisotopic (exact) mass is 335 g/mol. The molecule has 0 unspecified atom stereocenters. The van der Waals surface area contributed by atoms with Crippen LogP contribution in [0.2, 0.25) is 5.15 Å². The number of aryl methyl sites for hydroxylation is 2. The smallest absolute Gasteiger partial charge is 0.303 e. The number of halogens is 1. The van der Waals surface area contributed by atoms with Crippen molar-refractivity contribution in [1.82, 2.24) is 24.3 Å². The third-order valence-electron chi connectivity index (χ3n) is 3.54. The maximum Gasteiger partial charge on any atom is 0.303 e. The summed E-state index contributed by atoms with van der Waals surface area (Å²) < 4.78 is 3.24. The number of H-pyrrole nitrogens is 1. The number of hydrogen-bond acceptors (Lipinski definition) is 4.